The Morgan fingerprint density at radius 1 is 1.25 bits per heavy atom. The van der Waals surface area contributed by atoms with E-state index in [-0.39, 0.29) is 11.0 Å². The van der Waals surface area contributed by atoms with Crippen molar-refractivity contribution in [1.82, 2.24) is 9.97 Å². The highest BCUT2D eigenvalue weighted by molar-refractivity contribution is 6.28. The highest BCUT2D eigenvalue weighted by atomic mass is 35.5. The van der Waals surface area contributed by atoms with Crippen LogP contribution >= 0.6 is 11.6 Å². The molecule has 4 nitrogen and oxygen atoms in total. The number of hydrogen-bond acceptors (Lipinski definition) is 4. The number of benzene rings is 1. The Kier molecular flexibility index (Phi) is 3.22. The van der Waals surface area contributed by atoms with Crippen molar-refractivity contribution >= 4 is 17.4 Å². The van der Waals surface area contributed by atoms with E-state index in [4.69, 9.17) is 11.6 Å². The molecule has 0 aliphatic rings. The van der Waals surface area contributed by atoms with Crippen LogP contribution in [0.25, 0.3) is 0 Å². The van der Waals surface area contributed by atoms with Gasteiger partial charge in [0.15, 0.2) is 11.6 Å². The van der Waals surface area contributed by atoms with Gasteiger partial charge in [-0.1, -0.05) is 30.3 Å². The molecule has 0 spiro atoms. The van der Waals surface area contributed by atoms with Crippen molar-refractivity contribution in [2.24, 2.45) is 0 Å². The minimum atomic E-state index is -0.0136. The maximum absolute atomic E-state index is 9.47. The summed E-state index contributed by atoms with van der Waals surface area (Å²) in [6, 6.07) is 9.80. The van der Waals surface area contributed by atoms with Crippen LogP contribution in [0.5, 0.6) is 5.75 Å². The Morgan fingerprint density at radius 2 is 2.00 bits per heavy atom. The molecule has 1 aromatic carbocycles. The molecule has 0 saturated heterocycles. The van der Waals surface area contributed by atoms with E-state index in [0.717, 1.165) is 5.56 Å². The quantitative estimate of drug-likeness (QED) is 0.803. The molecular formula is C11H10ClN3O. The van der Waals surface area contributed by atoms with Gasteiger partial charge in [-0.05, 0) is 17.2 Å². The summed E-state index contributed by atoms with van der Waals surface area (Å²) in [6.07, 6.45) is 1.27. The molecule has 0 aliphatic heterocycles. The lowest BCUT2D eigenvalue weighted by molar-refractivity contribution is 0.472. The van der Waals surface area contributed by atoms with Gasteiger partial charge in [-0.3, -0.25) is 0 Å². The van der Waals surface area contributed by atoms with Crippen molar-refractivity contribution in [3.05, 3.63) is 47.4 Å². The van der Waals surface area contributed by atoms with Gasteiger partial charge in [0.05, 0.1) is 6.20 Å². The van der Waals surface area contributed by atoms with Gasteiger partial charge in [0.25, 0.3) is 0 Å². The van der Waals surface area contributed by atoms with Crippen LogP contribution in [-0.2, 0) is 6.54 Å². The van der Waals surface area contributed by atoms with Crippen molar-refractivity contribution in [1.29, 1.82) is 0 Å². The zero-order valence-electron chi connectivity index (χ0n) is 8.39. The molecular weight excluding hydrogens is 226 g/mol. The Bertz CT molecular complexity index is 476. The number of aromatic hydroxyl groups is 1. The fourth-order valence-corrected chi connectivity index (χ4v) is 1.40. The van der Waals surface area contributed by atoms with Crippen LogP contribution < -0.4 is 5.32 Å². The molecule has 0 radical (unpaired) electrons. The fraction of sp³-hybridized carbons (Fsp3) is 0.0909. The van der Waals surface area contributed by atoms with Gasteiger partial charge in [-0.2, -0.15) is 4.98 Å². The zero-order chi connectivity index (χ0) is 11.4. The molecule has 1 aromatic heterocycles. The van der Waals surface area contributed by atoms with Gasteiger partial charge in [-0.15, -0.1) is 0 Å². The number of aromatic nitrogens is 2. The molecule has 2 N–H and O–H groups in total. The van der Waals surface area contributed by atoms with Crippen LogP contribution in [0.2, 0.25) is 5.28 Å². The SMILES string of the molecule is Oc1cnc(Cl)nc1NCc1ccccc1. The van der Waals surface area contributed by atoms with Crippen molar-refractivity contribution in [2.45, 2.75) is 6.54 Å². The smallest absolute Gasteiger partial charge is 0.224 e. The first kappa shape index (κ1) is 10.7. The van der Waals surface area contributed by atoms with E-state index in [0.29, 0.717) is 12.4 Å². The largest absolute Gasteiger partial charge is 0.503 e. The van der Waals surface area contributed by atoms with Crippen molar-refractivity contribution in [2.75, 3.05) is 5.32 Å². The summed E-state index contributed by atoms with van der Waals surface area (Å²) in [5.74, 6) is 0.323. The van der Waals surface area contributed by atoms with Crippen LogP contribution in [0.3, 0.4) is 0 Å². The Morgan fingerprint density at radius 3 is 2.75 bits per heavy atom. The molecule has 1 heterocycles. The molecule has 0 amide bonds. The minimum Gasteiger partial charge on any atom is -0.503 e. The Hall–Kier alpha value is -1.81. The molecule has 0 unspecified atom stereocenters. The van der Waals surface area contributed by atoms with Crippen LogP contribution in [0.15, 0.2) is 36.5 Å². The van der Waals surface area contributed by atoms with Crippen LogP contribution in [-0.4, -0.2) is 15.1 Å². The second-order valence-electron chi connectivity index (χ2n) is 3.21. The van der Waals surface area contributed by atoms with E-state index >= 15 is 0 Å². The third-order valence-corrected chi connectivity index (χ3v) is 2.22. The third kappa shape index (κ3) is 2.61. The van der Waals surface area contributed by atoms with Crippen molar-refractivity contribution in [3.8, 4) is 5.75 Å². The van der Waals surface area contributed by atoms with Gasteiger partial charge >= 0.3 is 0 Å². The predicted octanol–water partition coefficient (Wildman–Crippen LogP) is 2.45. The highest BCUT2D eigenvalue weighted by Gasteiger charge is 2.03. The Balaban J connectivity index is 2.08. The molecule has 0 saturated carbocycles. The number of halogens is 1. The Labute approximate surface area is 97.9 Å². The molecule has 82 valence electrons. The third-order valence-electron chi connectivity index (χ3n) is 2.04. The lowest BCUT2D eigenvalue weighted by atomic mass is 10.2. The molecule has 0 bridgehead atoms. The summed E-state index contributed by atoms with van der Waals surface area (Å²) in [5.41, 5.74) is 1.09. The maximum Gasteiger partial charge on any atom is 0.224 e. The molecule has 16 heavy (non-hydrogen) atoms. The molecule has 0 aliphatic carbocycles. The molecule has 0 fully saturated rings. The van der Waals surface area contributed by atoms with E-state index in [1.807, 2.05) is 30.3 Å². The number of hydrogen-bond donors (Lipinski definition) is 2. The first-order chi connectivity index (χ1) is 7.75. The van der Waals surface area contributed by atoms with Gasteiger partial charge in [0.1, 0.15) is 0 Å². The first-order valence-corrected chi connectivity index (χ1v) is 5.13. The number of rotatable bonds is 3. The van der Waals surface area contributed by atoms with Crippen molar-refractivity contribution in [3.63, 3.8) is 0 Å². The van der Waals surface area contributed by atoms with E-state index in [2.05, 4.69) is 15.3 Å². The van der Waals surface area contributed by atoms with E-state index in [9.17, 15) is 5.11 Å². The minimum absolute atomic E-state index is 0.0136. The van der Waals surface area contributed by atoms with Gasteiger partial charge in [0.2, 0.25) is 5.28 Å². The van der Waals surface area contributed by atoms with E-state index in [1.54, 1.807) is 0 Å². The summed E-state index contributed by atoms with van der Waals surface area (Å²) < 4.78 is 0. The van der Waals surface area contributed by atoms with E-state index in [1.165, 1.54) is 6.20 Å². The van der Waals surface area contributed by atoms with Gasteiger partial charge in [0, 0.05) is 6.54 Å². The molecule has 5 heteroatoms. The van der Waals surface area contributed by atoms with Crippen LogP contribution in [0.1, 0.15) is 5.56 Å². The molecule has 2 aromatic rings. The monoisotopic (exact) mass is 235 g/mol. The average Bonchev–Trinajstić information content (AvgIpc) is 2.32. The number of nitrogens with zero attached hydrogens (tertiary/aromatic N) is 2. The average molecular weight is 236 g/mol. The predicted molar refractivity (Wildman–Crippen MR) is 62.5 cm³/mol. The first-order valence-electron chi connectivity index (χ1n) is 4.75. The second kappa shape index (κ2) is 4.81. The highest BCUT2D eigenvalue weighted by Crippen LogP contribution is 2.20. The van der Waals surface area contributed by atoms with Gasteiger partial charge in [-0.25, -0.2) is 4.98 Å². The standard InChI is InChI=1S/C11H10ClN3O/c12-11-14-7-9(16)10(15-11)13-6-8-4-2-1-3-5-8/h1-5,7,16H,6H2,(H,13,14,15). The van der Waals surface area contributed by atoms with E-state index < -0.39 is 0 Å². The summed E-state index contributed by atoms with van der Waals surface area (Å²) in [7, 11) is 0. The number of nitrogens with one attached hydrogen (secondary N) is 1. The van der Waals surface area contributed by atoms with Crippen molar-refractivity contribution < 1.29 is 5.11 Å². The van der Waals surface area contributed by atoms with Crippen LogP contribution in [0.4, 0.5) is 5.82 Å². The van der Waals surface area contributed by atoms with Crippen LogP contribution in [0, 0.1) is 0 Å². The topological polar surface area (TPSA) is 58.0 Å². The summed E-state index contributed by atoms with van der Waals surface area (Å²) in [6.45, 7) is 0.571. The summed E-state index contributed by atoms with van der Waals surface area (Å²) in [5, 5.41) is 12.6. The number of anilines is 1. The zero-order valence-corrected chi connectivity index (χ0v) is 9.15. The second-order valence-corrected chi connectivity index (χ2v) is 3.55. The molecule has 0 atom stereocenters. The van der Waals surface area contributed by atoms with Gasteiger partial charge < -0.3 is 10.4 Å². The molecule has 2 rings (SSSR count). The lowest BCUT2D eigenvalue weighted by Crippen LogP contribution is -2.02. The summed E-state index contributed by atoms with van der Waals surface area (Å²) in [4.78, 5) is 7.54. The normalized spacial score (nSPS) is 10.1. The fourth-order valence-electron chi connectivity index (χ4n) is 1.27. The summed E-state index contributed by atoms with van der Waals surface area (Å²) >= 11 is 5.63. The lowest BCUT2D eigenvalue weighted by Gasteiger charge is -2.06. The maximum atomic E-state index is 9.47.